The van der Waals surface area contributed by atoms with Crippen molar-refractivity contribution in [3.05, 3.63) is 52.6 Å². The first-order chi connectivity index (χ1) is 13.0. The second-order valence-electron chi connectivity index (χ2n) is 6.75. The van der Waals surface area contributed by atoms with Crippen molar-refractivity contribution >= 4 is 16.6 Å². The van der Waals surface area contributed by atoms with E-state index in [1.54, 1.807) is 37.4 Å². The Bertz CT molecular complexity index is 1020. The van der Waals surface area contributed by atoms with Crippen LogP contribution < -0.4 is 15.2 Å². The molecular formula is C20H21FN4O2. The van der Waals surface area contributed by atoms with Crippen LogP contribution in [0.25, 0.3) is 22.3 Å². The average Bonchev–Trinajstić information content (AvgIpc) is 2.68. The van der Waals surface area contributed by atoms with Crippen molar-refractivity contribution in [2.45, 2.75) is 0 Å². The van der Waals surface area contributed by atoms with E-state index in [1.165, 1.54) is 6.07 Å². The number of piperazine rings is 1. The molecule has 0 saturated carbocycles. The third-order valence-corrected chi connectivity index (χ3v) is 4.98. The van der Waals surface area contributed by atoms with E-state index in [9.17, 15) is 9.18 Å². The minimum atomic E-state index is -0.356. The van der Waals surface area contributed by atoms with Gasteiger partial charge in [-0.1, -0.05) is 0 Å². The largest absolute Gasteiger partial charge is 0.497 e. The number of hydrogen-bond acceptors (Lipinski definition) is 5. The van der Waals surface area contributed by atoms with Crippen LogP contribution >= 0.6 is 0 Å². The third-order valence-electron chi connectivity index (χ3n) is 4.98. The lowest BCUT2D eigenvalue weighted by molar-refractivity contribution is 0.312. The normalized spacial score (nSPS) is 15.3. The fourth-order valence-electron chi connectivity index (χ4n) is 3.32. The van der Waals surface area contributed by atoms with E-state index in [0.717, 1.165) is 31.7 Å². The first kappa shape index (κ1) is 17.5. The maximum absolute atomic E-state index is 14.7. The first-order valence-corrected chi connectivity index (χ1v) is 8.86. The zero-order valence-electron chi connectivity index (χ0n) is 15.3. The number of rotatable bonds is 3. The quantitative estimate of drug-likeness (QED) is 0.770. The summed E-state index contributed by atoms with van der Waals surface area (Å²) in [6.45, 7) is 3.19. The van der Waals surface area contributed by atoms with Crippen LogP contribution in [0.5, 0.6) is 5.75 Å². The van der Waals surface area contributed by atoms with Gasteiger partial charge in [0.1, 0.15) is 17.4 Å². The number of nitrogens with zero attached hydrogens (tertiary/aromatic N) is 3. The Hall–Kier alpha value is -2.93. The highest BCUT2D eigenvalue weighted by Gasteiger charge is 2.19. The molecule has 1 aliphatic rings. The lowest BCUT2D eigenvalue weighted by atomic mass is 10.1. The number of aromatic amines is 1. The number of H-pyrrole nitrogens is 1. The van der Waals surface area contributed by atoms with Gasteiger partial charge in [0.15, 0.2) is 0 Å². The van der Waals surface area contributed by atoms with Gasteiger partial charge in [0.2, 0.25) is 0 Å². The molecule has 0 aliphatic carbocycles. The van der Waals surface area contributed by atoms with Gasteiger partial charge in [-0.3, -0.25) is 4.79 Å². The highest BCUT2D eigenvalue weighted by Crippen LogP contribution is 2.26. The maximum Gasteiger partial charge on any atom is 0.259 e. The molecule has 0 bridgehead atoms. The van der Waals surface area contributed by atoms with Gasteiger partial charge >= 0.3 is 0 Å². The molecule has 1 fully saturated rings. The van der Waals surface area contributed by atoms with Crippen molar-refractivity contribution in [2.24, 2.45) is 0 Å². The molecule has 0 amide bonds. The molecule has 6 nitrogen and oxygen atoms in total. The molecule has 0 radical (unpaired) electrons. The highest BCUT2D eigenvalue weighted by molar-refractivity contribution is 5.83. The average molecular weight is 368 g/mol. The molecule has 7 heteroatoms. The summed E-state index contributed by atoms with van der Waals surface area (Å²) in [7, 11) is 3.63. The van der Waals surface area contributed by atoms with Crippen LogP contribution in [-0.4, -0.2) is 55.2 Å². The molecule has 0 unspecified atom stereocenters. The number of anilines is 1. The van der Waals surface area contributed by atoms with Crippen LogP contribution in [0.15, 0.2) is 41.2 Å². The van der Waals surface area contributed by atoms with E-state index in [0.29, 0.717) is 28.2 Å². The second-order valence-corrected chi connectivity index (χ2v) is 6.75. The summed E-state index contributed by atoms with van der Waals surface area (Å²) >= 11 is 0. The van der Waals surface area contributed by atoms with E-state index in [4.69, 9.17) is 4.74 Å². The van der Waals surface area contributed by atoms with E-state index in [-0.39, 0.29) is 11.4 Å². The summed E-state index contributed by atoms with van der Waals surface area (Å²) in [6.07, 6.45) is 0. The lowest BCUT2D eigenvalue weighted by Crippen LogP contribution is -2.44. The first-order valence-electron chi connectivity index (χ1n) is 8.86. The minimum Gasteiger partial charge on any atom is -0.497 e. The van der Waals surface area contributed by atoms with Crippen LogP contribution in [0.1, 0.15) is 0 Å². The number of halogens is 1. The zero-order chi connectivity index (χ0) is 19.0. The number of hydrogen-bond donors (Lipinski definition) is 1. The number of benzene rings is 2. The molecule has 3 aromatic rings. The summed E-state index contributed by atoms with van der Waals surface area (Å²) in [6, 6.07) is 10.1. The lowest BCUT2D eigenvalue weighted by Gasteiger charge is -2.34. The predicted molar refractivity (Wildman–Crippen MR) is 104 cm³/mol. The third kappa shape index (κ3) is 3.38. The predicted octanol–water partition coefficient (Wildman–Crippen LogP) is 2.49. The Morgan fingerprint density at radius 2 is 1.81 bits per heavy atom. The molecule has 1 aromatic heterocycles. The van der Waals surface area contributed by atoms with Crippen LogP contribution in [0.2, 0.25) is 0 Å². The molecule has 140 valence electrons. The Morgan fingerprint density at radius 1 is 1.11 bits per heavy atom. The Balaban J connectivity index is 1.75. The summed E-state index contributed by atoms with van der Waals surface area (Å²) in [5, 5.41) is 0.391. The molecule has 1 N–H and O–H groups in total. The van der Waals surface area contributed by atoms with Crippen LogP contribution in [0.3, 0.4) is 0 Å². The Kier molecular flexibility index (Phi) is 4.53. The fraction of sp³-hybridized carbons (Fsp3) is 0.300. The Morgan fingerprint density at radius 3 is 2.48 bits per heavy atom. The van der Waals surface area contributed by atoms with Crippen molar-refractivity contribution in [1.29, 1.82) is 0 Å². The second kappa shape index (κ2) is 7.00. The van der Waals surface area contributed by atoms with Crippen molar-refractivity contribution in [3.63, 3.8) is 0 Å². The summed E-state index contributed by atoms with van der Waals surface area (Å²) in [5.41, 5.74) is 1.26. The molecule has 1 saturated heterocycles. The molecule has 27 heavy (non-hydrogen) atoms. The molecule has 1 aliphatic heterocycles. The SMILES string of the molecule is COc1ccc(-c2nc3cc(F)c(N4CCN(C)CC4)cc3c(=O)[nH]2)cc1. The number of likely N-dealkylation sites (N-methyl/N-ethyl adjacent to an activating group) is 1. The number of aromatic nitrogens is 2. The van der Waals surface area contributed by atoms with Gasteiger partial charge in [-0.15, -0.1) is 0 Å². The number of fused-ring (bicyclic) bond motifs is 1. The van der Waals surface area contributed by atoms with Gasteiger partial charge in [0.05, 0.1) is 23.7 Å². The van der Waals surface area contributed by atoms with Gasteiger partial charge in [0, 0.05) is 37.8 Å². The van der Waals surface area contributed by atoms with Crippen molar-refractivity contribution in [3.8, 4) is 17.1 Å². The standard InChI is InChI=1S/C20H21FN4O2/c1-24-7-9-25(10-8-24)18-11-15-17(12-16(18)21)22-19(23-20(15)26)13-3-5-14(27-2)6-4-13/h3-6,11-12H,7-10H2,1-2H3,(H,22,23,26). The maximum atomic E-state index is 14.7. The van der Waals surface area contributed by atoms with Crippen molar-refractivity contribution in [2.75, 3.05) is 45.2 Å². The summed E-state index contributed by atoms with van der Waals surface area (Å²) < 4.78 is 19.9. The van der Waals surface area contributed by atoms with Crippen LogP contribution in [0.4, 0.5) is 10.1 Å². The van der Waals surface area contributed by atoms with Gasteiger partial charge in [0.25, 0.3) is 5.56 Å². The van der Waals surface area contributed by atoms with E-state index >= 15 is 0 Å². The number of nitrogens with one attached hydrogen (secondary N) is 1. The zero-order valence-corrected chi connectivity index (χ0v) is 15.3. The number of methoxy groups -OCH3 is 1. The van der Waals surface area contributed by atoms with Gasteiger partial charge in [-0.25, -0.2) is 9.37 Å². The van der Waals surface area contributed by atoms with Gasteiger partial charge in [-0.2, -0.15) is 0 Å². The topological polar surface area (TPSA) is 61.5 Å². The summed E-state index contributed by atoms with van der Waals surface area (Å²) in [5.74, 6) is 0.762. The monoisotopic (exact) mass is 368 g/mol. The van der Waals surface area contributed by atoms with Gasteiger partial charge < -0.3 is 19.5 Å². The molecule has 4 rings (SSSR count). The molecule has 2 aromatic carbocycles. The Labute approximate surface area is 156 Å². The van der Waals surface area contributed by atoms with Crippen LogP contribution in [-0.2, 0) is 0 Å². The number of ether oxygens (including phenoxy) is 1. The summed E-state index contributed by atoms with van der Waals surface area (Å²) in [4.78, 5) is 24.1. The van der Waals surface area contributed by atoms with Crippen molar-refractivity contribution < 1.29 is 9.13 Å². The molecule has 2 heterocycles. The molecular weight excluding hydrogens is 347 g/mol. The molecule has 0 spiro atoms. The van der Waals surface area contributed by atoms with E-state index in [2.05, 4.69) is 14.9 Å². The van der Waals surface area contributed by atoms with Crippen molar-refractivity contribution in [1.82, 2.24) is 14.9 Å². The van der Waals surface area contributed by atoms with E-state index in [1.807, 2.05) is 11.9 Å². The van der Waals surface area contributed by atoms with E-state index < -0.39 is 0 Å². The fourth-order valence-corrected chi connectivity index (χ4v) is 3.32. The molecule has 0 atom stereocenters. The highest BCUT2D eigenvalue weighted by atomic mass is 19.1. The smallest absolute Gasteiger partial charge is 0.259 e. The van der Waals surface area contributed by atoms with Gasteiger partial charge in [-0.05, 0) is 37.4 Å². The van der Waals surface area contributed by atoms with Crippen LogP contribution in [0, 0.1) is 5.82 Å². The minimum absolute atomic E-state index is 0.277.